The minimum absolute atomic E-state index is 0.0133. The third kappa shape index (κ3) is 1.77. The number of rotatable bonds is 1. The first kappa shape index (κ1) is 9.21. The molecule has 1 aliphatic rings. The first-order valence-electron chi connectivity index (χ1n) is 4.64. The summed E-state index contributed by atoms with van der Waals surface area (Å²) in [5.74, 6) is 0.0133. The van der Waals surface area contributed by atoms with Gasteiger partial charge in [-0.2, -0.15) is 0 Å². The molecule has 5 nitrogen and oxygen atoms in total. The quantitative estimate of drug-likeness (QED) is 0.636. The normalized spacial score (nSPS) is 18.5. The number of likely N-dealkylation sites (N-methyl/N-ethyl adjacent to an activating group) is 1. The van der Waals surface area contributed by atoms with Crippen molar-refractivity contribution < 1.29 is 9.32 Å². The van der Waals surface area contributed by atoms with Crippen LogP contribution < -0.4 is 0 Å². The Kier molecular flexibility index (Phi) is 2.49. The van der Waals surface area contributed by atoms with E-state index in [1.54, 1.807) is 0 Å². The number of hydrogen-bond acceptors (Lipinski definition) is 4. The lowest BCUT2D eigenvalue weighted by Crippen LogP contribution is -2.47. The molecule has 0 aromatic carbocycles. The summed E-state index contributed by atoms with van der Waals surface area (Å²) in [6, 6.07) is 0. The molecule has 1 aromatic rings. The van der Waals surface area contributed by atoms with E-state index in [2.05, 4.69) is 21.6 Å². The molecule has 0 saturated carbocycles. The highest BCUT2D eigenvalue weighted by atomic mass is 16.5. The zero-order valence-corrected chi connectivity index (χ0v) is 8.14. The Balaban J connectivity index is 1.99. The molecule has 1 aromatic heterocycles. The molecule has 1 fully saturated rings. The molecule has 0 atom stereocenters. The molecular weight excluding hydrogens is 182 g/mol. The number of hydrogen-bond donors (Lipinski definition) is 0. The second-order valence-electron chi connectivity index (χ2n) is 3.51. The van der Waals surface area contributed by atoms with Gasteiger partial charge in [-0.15, -0.1) is 0 Å². The largest absolute Gasteiger partial charge is 0.364 e. The van der Waals surface area contributed by atoms with E-state index in [0.717, 1.165) is 26.2 Å². The Labute approximate surface area is 82.3 Å². The van der Waals surface area contributed by atoms with Crippen LogP contribution in [0.1, 0.15) is 10.4 Å². The molecule has 0 N–H and O–H groups in total. The zero-order valence-electron chi connectivity index (χ0n) is 8.14. The highest BCUT2D eigenvalue weighted by Gasteiger charge is 2.21. The Morgan fingerprint density at radius 1 is 1.43 bits per heavy atom. The van der Waals surface area contributed by atoms with Crippen molar-refractivity contribution >= 4 is 5.91 Å². The van der Waals surface area contributed by atoms with Crippen molar-refractivity contribution in [2.75, 3.05) is 33.2 Å². The second-order valence-corrected chi connectivity index (χ2v) is 3.51. The fourth-order valence-electron chi connectivity index (χ4n) is 1.50. The smallest absolute Gasteiger partial charge is 0.258 e. The van der Waals surface area contributed by atoms with Crippen LogP contribution >= 0.6 is 0 Å². The molecule has 0 radical (unpaired) electrons. The van der Waals surface area contributed by atoms with Gasteiger partial charge in [0.15, 0.2) is 0 Å². The maximum Gasteiger partial charge on any atom is 0.258 e. The number of nitrogens with zero attached hydrogens (tertiary/aromatic N) is 3. The zero-order chi connectivity index (χ0) is 9.97. The third-order valence-electron chi connectivity index (χ3n) is 2.47. The van der Waals surface area contributed by atoms with E-state index in [0.29, 0.717) is 5.56 Å². The van der Waals surface area contributed by atoms with Gasteiger partial charge < -0.3 is 14.3 Å². The van der Waals surface area contributed by atoms with Crippen molar-refractivity contribution in [1.29, 1.82) is 0 Å². The summed E-state index contributed by atoms with van der Waals surface area (Å²) in [7, 11) is 2.06. The Bertz CT molecular complexity index is 302. The van der Waals surface area contributed by atoms with Crippen molar-refractivity contribution in [3.8, 4) is 0 Å². The van der Waals surface area contributed by atoms with E-state index < -0.39 is 0 Å². The van der Waals surface area contributed by atoms with E-state index in [-0.39, 0.29) is 5.91 Å². The molecule has 1 aliphatic heterocycles. The van der Waals surface area contributed by atoms with Crippen molar-refractivity contribution in [3.05, 3.63) is 18.0 Å². The van der Waals surface area contributed by atoms with E-state index in [1.807, 2.05) is 4.90 Å². The first-order valence-corrected chi connectivity index (χ1v) is 4.64. The minimum atomic E-state index is 0.0133. The van der Waals surface area contributed by atoms with E-state index in [9.17, 15) is 4.79 Å². The standard InChI is InChI=1S/C9H13N3O2/c1-11-2-4-12(5-3-11)9(13)8-6-10-14-7-8/h6-7H,2-5H2,1H3. The lowest BCUT2D eigenvalue weighted by Gasteiger charge is -2.31. The van der Waals surface area contributed by atoms with Gasteiger partial charge in [0.25, 0.3) is 5.91 Å². The summed E-state index contributed by atoms with van der Waals surface area (Å²) in [4.78, 5) is 15.8. The summed E-state index contributed by atoms with van der Waals surface area (Å²) in [6.07, 6.45) is 2.85. The average Bonchev–Trinajstić information content (AvgIpc) is 2.71. The molecule has 0 aliphatic carbocycles. The highest BCUT2D eigenvalue weighted by Crippen LogP contribution is 2.06. The molecule has 0 unspecified atom stereocenters. The molecule has 0 bridgehead atoms. The van der Waals surface area contributed by atoms with Gasteiger partial charge in [-0.25, -0.2) is 0 Å². The van der Waals surface area contributed by atoms with Crippen LogP contribution in [0.2, 0.25) is 0 Å². The first-order chi connectivity index (χ1) is 6.77. The van der Waals surface area contributed by atoms with Crippen molar-refractivity contribution in [2.24, 2.45) is 0 Å². The summed E-state index contributed by atoms with van der Waals surface area (Å²) >= 11 is 0. The number of piperazine rings is 1. The number of aromatic nitrogens is 1. The van der Waals surface area contributed by atoms with Crippen molar-refractivity contribution in [3.63, 3.8) is 0 Å². The van der Waals surface area contributed by atoms with Crippen molar-refractivity contribution in [2.45, 2.75) is 0 Å². The molecule has 5 heteroatoms. The van der Waals surface area contributed by atoms with Crippen LogP contribution in [0.4, 0.5) is 0 Å². The molecule has 2 heterocycles. The maximum absolute atomic E-state index is 11.8. The molecule has 14 heavy (non-hydrogen) atoms. The fourth-order valence-corrected chi connectivity index (χ4v) is 1.50. The van der Waals surface area contributed by atoms with Crippen LogP contribution in [0.5, 0.6) is 0 Å². The van der Waals surface area contributed by atoms with Gasteiger partial charge in [-0.3, -0.25) is 4.79 Å². The third-order valence-corrected chi connectivity index (χ3v) is 2.47. The summed E-state index contributed by atoms with van der Waals surface area (Å²) in [6.45, 7) is 3.41. The Morgan fingerprint density at radius 2 is 2.14 bits per heavy atom. The van der Waals surface area contributed by atoms with Crippen LogP contribution in [0.15, 0.2) is 17.0 Å². The predicted octanol–water partition coefficient (Wildman–Crippen LogP) is 0.0622. The van der Waals surface area contributed by atoms with Gasteiger partial charge in [0.2, 0.25) is 0 Å². The highest BCUT2D eigenvalue weighted by molar-refractivity contribution is 5.93. The summed E-state index contributed by atoms with van der Waals surface area (Å²) < 4.78 is 4.64. The SMILES string of the molecule is CN1CCN(C(=O)c2cnoc2)CC1. The van der Waals surface area contributed by atoms with Gasteiger partial charge in [-0.1, -0.05) is 5.16 Å². The van der Waals surface area contributed by atoms with Gasteiger partial charge in [0.1, 0.15) is 6.26 Å². The lowest BCUT2D eigenvalue weighted by atomic mass is 10.2. The second kappa shape index (κ2) is 3.79. The van der Waals surface area contributed by atoms with Gasteiger partial charge >= 0.3 is 0 Å². The minimum Gasteiger partial charge on any atom is -0.364 e. The van der Waals surface area contributed by atoms with E-state index in [4.69, 9.17) is 0 Å². The average molecular weight is 195 g/mol. The summed E-state index contributed by atoms with van der Waals surface area (Å²) in [5, 5.41) is 3.52. The van der Waals surface area contributed by atoms with Crippen LogP contribution in [-0.4, -0.2) is 54.1 Å². The topological polar surface area (TPSA) is 49.6 Å². The Morgan fingerprint density at radius 3 is 2.71 bits per heavy atom. The van der Waals surface area contributed by atoms with E-state index >= 15 is 0 Å². The van der Waals surface area contributed by atoms with Gasteiger partial charge in [-0.05, 0) is 7.05 Å². The van der Waals surface area contributed by atoms with Crippen LogP contribution in [0.25, 0.3) is 0 Å². The number of carbonyl (C=O) groups excluding carboxylic acids is 1. The van der Waals surface area contributed by atoms with Gasteiger partial charge in [0, 0.05) is 26.2 Å². The summed E-state index contributed by atoms with van der Waals surface area (Å²) in [5.41, 5.74) is 0.537. The Hall–Kier alpha value is -1.36. The van der Waals surface area contributed by atoms with Crippen molar-refractivity contribution in [1.82, 2.24) is 15.0 Å². The molecule has 76 valence electrons. The molecule has 1 amide bonds. The lowest BCUT2D eigenvalue weighted by molar-refractivity contribution is 0.0663. The molecular formula is C9H13N3O2. The molecule has 2 rings (SSSR count). The van der Waals surface area contributed by atoms with E-state index in [1.165, 1.54) is 12.5 Å². The number of amides is 1. The van der Waals surface area contributed by atoms with Crippen LogP contribution in [0.3, 0.4) is 0 Å². The van der Waals surface area contributed by atoms with Gasteiger partial charge in [0.05, 0.1) is 11.8 Å². The fraction of sp³-hybridized carbons (Fsp3) is 0.556. The monoisotopic (exact) mass is 195 g/mol. The maximum atomic E-state index is 11.8. The van der Waals surface area contributed by atoms with Crippen LogP contribution in [0, 0.1) is 0 Å². The number of carbonyl (C=O) groups is 1. The van der Waals surface area contributed by atoms with Crippen LogP contribution in [-0.2, 0) is 0 Å². The predicted molar refractivity (Wildman–Crippen MR) is 49.9 cm³/mol. The molecule has 0 spiro atoms. The molecule has 1 saturated heterocycles.